The minimum absolute atomic E-state index is 0.0434. The van der Waals surface area contributed by atoms with Crippen molar-refractivity contribution >= 4 is 37.5 Å². The summed E-state index contributed by atoms with van der Waals surface area (Å²) in [4.78, 5) is 11.9. The van der Waals surface area contributed by atoms with Gasteiger partial charge in [0, 0.05) is 17.0 Å². The van der Waals surface area contributed by atoms with E-state index < -0.39 is 22.0 Å². The lowest BCUT2D eigenvalue weighted by molar-refractivity contribution is -0.118. The number of benzene rings is 2. The molecular weight excluding hydrogens is 424 g/mol. The normalized spacial score (nSPS) is 16.3. The lowest BCUT2D eigenvalue weighted by atomic mass is 10.1. The molecule has 9 heteroatoms. The molecule has 0 aliphatic carbocycles. The van der Waals surface area contributed by atoms with Crippen LogP contribution in [0.2, 0.25) is 0 Å². The van der Waals surface area contributed by atoms with Gasteiger partial charge in [-0.1, -0.05) is 18.2 Å². The number of nitrogens with zero attached hydrogens (tertiary/aromatic N) is 1. The first kappa shape index (κ1) is 18.5. The molecule has 0 radical (unpaired) electrons. The maximum absolute atomic E-state index is 13.4. The summed E-state index contributed by atoms with van der Waals surface area (Å²) in [5.74, 6) is -0.0645. The molecule has 2 N–H and O–H groups in total. The molecule has 1 atom stereocenters. The van der Waals surface area contributed by atoms with Gasteiger partial charge in [-0.3, -0.25) is 9.10 Å². The van der Waals surface area contributed by atoms with Crippen molar-refractivity contribution in [3.8, 4) is 11.5 Å². The molecule has 26 heavy (non-hydrogen) atoms. The van der Waals surface area contributed by atoms with E-state index in [1.54, 1.807) is 24.3 Å². The molecule has 1 amide bonds. The first-order chi connectivity index (χ1) is 12.3. The maximum atomic E-state index is 13.4. The van der Waals surface area contributed by atoms with E-state index in [1.807, 2.05) is 0 Å². The summed E-state index contributed by atoms with van der Waals surface area (Å²) in [5, 5.41) is 0. The minimum Gasteiger partial charge on any atom is -0.493 e. The average Bonchev–Trinajstić information content (AvgIpc) is 3.01. The van der Waals surface area contributed by atoms with Crippen molar-refractivity contribution in [2.45, 2.75) is 17.4 Å². The highest BCUT2D eigenvalue weighted by Crippen LogP contribution is 2.41. The number of halogens is 1. The van der Waals surface area contributed by atoms with Crippen molar-refractivity contribution in [1.29, 1.82) is 0 Å². The third-order valence-corrected chi connectivity index (χ3v) is 7.01. The zero-order chi connectivity index (χ0) is 19.1. The first-order valence-electron chi connectivity index (χ1n) is 7.64. The van der Waals surface area contributed by atoms with Gasteiger partial charge in [0.05, 0.1) is 19.9 Å². The number of para-hydroxylation sites is 1. The number of hydrogen-bond donors (Lipinski definition) is 1. The van der Waals surface area contributed by atoms with Gasteiger partial charge in [-0.15, -0.1) is 0 Å². The lowest BCUT2D eigenvalue weighted by Crippen LogP contribution is -2.46. The van der Waals surface area contributed by atoms with Crippen molar-refractivity contribution in [3.63, 3.8) is 0 Å². The van der Waals surface area contributed by atoms with Gasteiger partial charge in [-0.05, 0) is 33.6 Å². The van der Waals surface area contributed by atoms with Gasteiger partial charge in [0.1, 0.15) is 10.9 Å². The monoisotopic (exact) mass is 440 g/mol. The summed E-state index contributed by atoms with van der Waals surface area (Å²) < 4.78 is 38.6. The predicted molar refractivity (Wildman–Crippen MR) is 100 cm³/mol. The molecule has 3 rings (SSSR count). The fraction of sp³-hybridized carbons (Fsp3) is 0.235. The van der Waals surface area contributed by atoms with E-state index in [4.69, 9.17) is 15.2 Å². The van der Waals surface area contributed by atoms with Crippen LogP contribution >= 0.6 is 15.9 Å². The largest absolute Gasteiger partial charge is 0.493 e. The van der Waals surface area contributed by atoms with E-state index in [2.05, 4.69) is 15.9 Å². The highest BCUT2D eigenvalue weighted by atomic mass is 79.9. The van der Waals surface area contributed by atoms with Crippen LogP contribution in [0.25, 0.3) is 0 Å². The summed E-state index contributed by atoms with van der Waals surface area (Å²) >= 11 is 3.27. The van der Waals surface area contributed by atoms with Gasteiger partial charge >= 0.3 is 0 Å². The fourth-order valence-electron chi connectivity index (χ4n) is 3.01. The number of primary amides is 1. The van der Waals surface area contributed by atoms with Crippen LogP contribution in [0.1, 0.15) is 5.56 Å². The summed E-state index contributed by atoms with van der Waals surface area (Å²) in [7, 11) is -1.21. The quantitative estimate of drug-likeness (QED) is 0.766. The van der Waals surface area contributed by atoms with Crippen LogP contribution in [0.3, 0.4) is 0 Å². The molecule has 0 saturated carbocycles. The Hall–Kier alpha value is -2.26. The number of carbonyl (C=O) groups excluding carboxylic acids is 1. The molecule has 0 bridgehead atoms. The molecule has 0 spiro atoms. The summed E-state index contributed by atoms with van der Waals surface area (Å²) in [6, 6.07) is 8.82. The van der Waals surface area contributed by atoms with E-state index in [0.29, 0.717) is 15.9 Å². The second kappa shape index (κ2) is 6.81. The second-order valence-electron chi connectivity index (χ2n) is 5.69. The topological polar surface area (TPSA) is 98.9 Å². The minimum atomic E-state index is -4.08. The molecule has 0 saturated heterocycles. The van der Waals surface area contributed by atoms with E-state index >= 15 is 0 Å². The van der Waals surface area contributed by atoms with Gasteiger partial charge in [-0.2, -0.15) is 0 Å². The number of rotatable bonds is 5. The predicted octanol–water partition coefficient (Wildman–Crippen LogP) is 2.07. The van der Waals surface area contributed by atoms with Crippen LogP contribution in [-0.2, 0) is 21.2 Å². The van der Waals surface area contributed by atoms with Crippen LogP contribution in [0.4, 0.5) is 5.69 Å². The van der Waals surface area contributed by atoms with Crippen molar-refractivity contribution < 1.29 is 22.7 Å². The smallest absolute Gasteiger partial charge is 0.266 e. The van der Waals surface area contributed by atoms with Gasteiger partial charge in [-0.25, -0.2) is 8.42 Å². The van der Waals surface area contributed by atoms with Crippen LogP contribution < -0.4 is 19.5 Å². The number of carbonyl (C=O) groups is 1. The molecular formula is C17H17BrN2O5S. The Bertz CT molecular complexity index is 977. The Morgan fingerprint density at radius 1 is 1.19 bits per heavy atom. The highest BCUT2D eigenvalue weighted by molar-refractivity contribution is 9.10. The Labute approximate surface area is 159 Å². The Morgan fingerprint density at radius 3 is 2.42 bits per heavy atom. The zero-order valence-corrected chi connectivity index (χ0v) is 16.5. The number of hydrogen-bond acceptors (Lipinski definition) is 5. The summed E-state index contributed by atoms with van der Waals surface area (Å²) in [6.07, 6.45) is 0.232. The SMILES string of the molecule is COc1cc(Br)c(S(=O)(=O)N2c3ccccc3C[C@H]2C(N)=O)cc1OC. The number of fused-ring (bicyclic) bond motifs is 1. The lowest BCUT2D eigenvalue weighted by Gasteiger charge is -2.26. The fourth-order valence-corrected chi connectivity index (χ4v) is 5.67. The Kier molecular flexibility index (Phi) is 4.85. The molecule has 138 valence electrons. The third kappa shape index (κ3) is 2.90. The standard InChI is InChI=1S/C17H17BrN2O5S/c1-24-14-8-11(18)16(9-15(14)25-2)26(22,23)20-12-6-4-3-5-10(12)7-13(20)17(19)21/h3-6,8-9,13H,7H2,1-2H3,(H2,19,21)/t13-/m0/s1. The number of sulfonamides is 1. The van der Waals surface area contributed by atoms with Crippen LogP contribution in [0, 0.1) is 0 Å². The van der Waals surface area contributed by atoms with Crippen molar-refractivity contribution in [3.05, 3.63) is 46.4 Å². The van der Waals surface area contributed by atoms with Crippen molar-refractivity contribution in [2.24, 2.45) is 5.73 Å². The number of methoxy groups -OCH3 is 2. The number of nitrogens with two attached hydrogens (primary N) is 1. The molecule has 2 aromatic carbocycles. The van der Waals surface area contributed by atoms with E-state index in [9.17, 15) is 13.2 Å². The van der Waals surface area contributed by atoms with Crippen LogP contribution in [0.15, 0.2) is 45.8 Å². The Balaban J connectivity index is 2.20. The molecule has 1 aliphatic heterocycles. The van der Waals surface area contributed by atoms with Gasteiger partial charge in [0.2, 0.25) is 5.91 Å². The van der Waals surface area contributed by atoms with Gasteiger partial charge in [0.15, 0.2) is 11.5 Å². The molecule has 2 aromatic rings. The summed E-state index contributed by atoms with van der Waals surface area (Å²) in [6.45, 7) is 0. The molecule has 0 unspecified atom stereocenters. The van der Waals surface area contributed by atoms with E-state index in [-0.39, 0.29) is 17.1 Å². The highest BCUT2D eigenvalue weighted by Gasteiger charge is 2.42. The number of anilines is 1. The van der Waals surface area contributed by atoms with Crippen molar-refractivity contribution in [2.75, 3.05) is 18.5 Å². The van der Waals surface area contributed by atoms with Crippen LogP contribution in [-0.4, -0.2) is 34.6 Å². The molecule has 1 aliphatic rings. The average molecular weight is 441 g/mol. The molecule has 7 nitrogen and oxygen atoms in total. The maximum Gasteiger partial charge on any atom is 0.266 e. The van der Waals surface area contributed by atoms with Gasteiger partial charge in [0.25, 0.3) is 10.0 Å². The van der Waals surface area contributed by atoms with Crippen LogP contribution in [0.5, 0.6) is 11.5 Å². The third-order valence-electron chi connectivity index (χ3n) is 4.23. The molecule has 1 heterocycles. The zero-order valence-electron chi connectivity index (χ0n) is 14.1. The van der Waals surface area contributed by atoms with E-state index in [1.165, 1.54) is 26.4 Å². The van der Waals surface area contributed by atoms with Crippen molar-refractivity contribution in [1.82, 2.24) is 0 Å². The van der Waals surface area contributed by atoms with Gasteiger partial charge < -0.3 is 15.2 Å². The Morgan fingerprint density at radius 2 is 1.81 bits per heavy atom. The number of ether oxygens (including phenoxy) is 2. The van der Waals surface area contributed by atoms with E-state index in [0.717, 1.165) is 9.87 Å². The first-order valence-corrected chi connectivity index (χ1v) is 9.87. The summed E-state index contributed by atoms with van der Waals surface area (Å²) in [5.41, 5.74) is 6.67. The second-order valence-corrected chi connectivity index (χ2v) is 8.33. The molecule has 0 fully saturated rings. The number of amides is 1. The molecule has 0 aromatic heterocycles.